The third-order valence-electron chi connectivity index (χ3n) is 4.43. The van der Waals surface area contributed by atoms with Gasteiger partial charge in [-0.05, 0) is 56.7 Å². The second-order valence-electron chi connectivity index (χ2n) is 5.76. The summed E-state index contributed by atoms with van der Waals surface area (Å²) in [6.45, 7) is 7.41. The van der Waals surface area contributed by atoms with Crippen LogP contribution in [0.4, 0.5) is 5.69 Å². The van der Waals surface area contributed by atoms with Gasteiger partial charge in [0.1, 0.15) is 5.69 Å². The molecule has 3 nitrogen and oxygen atoms in total. The molecule has 0 unspecified atom stereocenters. The Balaban J connectivity index is 2.17. The molecule has 1 heterocycles. The van der Waals surface area contributed by atoms with Crippen LogP contribution in [0.1, 0.15) is 29.9 Å². The summed E-state index contributed by atoms with van der Waals surface area (Å²) in [5.41, 5.74) is 3.68. The number of nitrogens with zero attached hydrogens (tertiary/aromatic N) is 2. The number of anilines is 1. The first-order valence-electron chi connectivity index (χ1n) is 8.23. The first-order valence-corrected chi connectivity index (χ1v) is 8.61. The van der Waals surface area contributed by atoms with Crippen LogP contribution in [0.15, 0.2) is 48.5 Å². The van der Waals surface area contributed by atoms with Crippen LogP contribution in [-0.4, -0.2) is 17.0 Å². The number of aromatic nitrogens is 1. The summed E-state index contributed by atoms with van der Waals surface area (Å²) >= 11 is 6.16. The zero-order chi connectivity index (χ0) is 17.3. The Kier molecular flexibility index (Phi) is 4.63. The monoisotopic (exact) mass is 340 g/mol. The molecule has 3 aromatic rings. The summed E-state index contributed by atoms with van der Waals surface area (Å²) in [5.74, 6) is 0.0235. The molecule has 3 rings (SSSR count). The van der Waals surface area contributed by atoms with E-state index in [1.165, 1.54) is 0 Å². The normalized spacial score (nSPS) is 11.0. The molecule has 0 aliphatic rings. The third kappa shape index (κ3) is 2.69. The lowest BCUT2D eigenvalue weighted by molar-refractivity contribution is 0.0979. The molecule has 0 saturated heterocycles. The van der Waals surface area contributed by atoms with Crippen LogP contribution in [0.25, 0.3) is 10.9 Å². The summed E-state index contributed by atoms with van der Waals surface area (Å²) in [6, 6.07) is 15.6. The Morgan fingerprint density at radius 2 is 1.83 bits per heavy atom. The number of halogens is 1. The van der Waals surface area contributed by atoms with E-state index in [-0.39, 0.29) is 5.91 Å². The zero-order valence-electron chi connectivity index (χ0n) is 14.2. The van der Waals surface area contributed by atoms with Crippen LogP contribution < -0.4 is 4.90 Å². The largest absolute Gasteiger partial charge is 0.337 e. The fourth-order valence-corrected chi connectivity index (χ4v) is 3.45. The Hall–Kier alpha value is -2.26. The number of carbonyl (C=O) groups excluding carboxylic acids is 1. The molecule has 0 aliphatic heterocycles. The van der Waals surface area contributed by atoms with E-state index in [4.69, 9.17) is 11.6 Å². The summed E-state index contributed by atoms with van der Waals surface area (Å²) in [4.78, 5) is 15.1. The zero-order valence-corrected chi connectivity index (χ0v) is 15.0. The van der Waals surface area contributed by atoms with Gasteiger partial charge < -0.3 is 9.47 Å². The average molecular weight is 341 g/mol. The molecule has 24 heavy (non-hydrogen) atoms. The minimum atomic E-state index is 0.0235. The topological polar surface area (TPSA) is 25.2 Å². The molecule has 0 spiro atoms. The van der Waals surface area contributed by atoms with Crippen molar-refractivity contribution in [2.24, 2.45) is 0 Å². The molecule has 0 fully saturated rings. The van der Waals surface area contributed by atoms with Gasteiger partial charge in [0.25, 0.3) is 5.91 Å². The molecule has 0 saturated carbocycles. The van der Waals surface area contributed by atoms with Crippen molar-refractivity contribution in [1.82, 2.24) is 4.57 Å². The van der Waals surface area contributed by atoms with Crippen molar-refractivity contribution in [3.05, 3.63) is 64.8 Å². The number of carbonyl (C=O) groups is 1. The second kappa shape index (κ2) is 6.70. The first kappa shape index (κ1) is 16.6. The molecule has 0 aliphatic carbocycles. The van der Waals surface area contributed by atoms with E-state index in [1.54, 1.807) is 0 Å². The van der Waals surface area contributed by atoms with E-state index in [2.05, 4.69) is 11.5 Å². The molecule has 1 aromatic heterocycles. The van der Waals surface area contributed by atoms with Crippen LogP contribution in [-0.2, 0) is 6.54 Å². The maximum absolute atomic E-state index is 13.3. The van der Waals surface area contributed by atoms with Crippen molar-refractivity contribution < 1.29 is 4.79 Å². The van der Waals surface area contributed by atoms with Crippen molar-refractivity contribution in [2.75, 3.05) is 11.4 Å². The minimum Gasteiger partial charge on any atom is -0.337 e. The highest BCUT2D eigenvalue weighted by Gasteiger charge is 2.24. The van der Waals surface area contributed by atoms with Gasteiger partial charge >= 0.3 is 0 Å². The predicted octanol–water partition coefficient (Wildman–Crippen LogP) is 5.29. The van der Waals surface area contributed by atoms with Gasteiger partial charge in [-0.1, -0.05) is 29.8 Å². The molecule has 0 atom stereocenters. The summed E-state index contributed by atoms with van der Waals surface area (Å²) < 4.78 is 2.08. The molecule has 0 bridgehead atoms. The van der Waals surface area contributed by atoms with Gasteiger partial charge in [-0.25, -0.2) is 0 Å². The van der Waals surface area contributed by atoms with Crippen molar-refractivity contribution in [2.45, 2.75) is 27.3 Å². The number of fused-ring (bicyclic) bond motifs is 1. The van der Waals surface area contributed by atoms with Crippen LogP contribution in [0.2, 0.25) is 5.02 Å². The average Bonchev–Trinajstić information content (AvgIpc) is 2.88. The van der Waals surface area contributed by atoms with Crippen molar-refractivity contribution in [1.29, 1.82) is 0 Å². The van der Waals surface area contributed by atoms with E-state index in [9.17, 15) is 4.79 Å². The van der Waals surface area contributed by atoms with E-state index in [0.29, 0.717) is 11.6 Å². The molecule has 0 N–H and O–H groups in total. The molecule has 0 radical (unpaired) electrons. The number of para-hydroxylation sites is 1. The SMILES string of the molecule is CCN(C(=O)c1c(C)c2cc(Cl)ccc2n1CC)c1ccccc1. The molecular formula is C20H21ClN2O. The highest BCUT2D eigenvalue weighted by atomic mass is 35.5. The van der Waals surface area contributed by atoms with Crippen LogP contribution >= 0.6 is 11.6 Å². The van der Waals surface area contributed by atoms with Crippen molar-refractivity contribution >= 4 is 34.1 Å². The standard InChI is InChI=1S/C20H21ClN2O/c1-4-22(16-9-7-6-8-10-16)20(24)19-14(3)17-13-15(21)11-12-18(17)23(19)5-2/h6-13H,4-5H2,1-3H3. The lowest BCUT2D eigenvalue weighted by Crippen LogP contribution is -2.32. The number of hydrogen-bond donors (Lipinski definition) is 0. The summed E-state index contributed by atoms with van der Waals surface area (Å²) in [6.07, 6.45) is 0. The summed E-state index contributed by atoms with van der Waals surface area (Å²) in [7, 11) is 0. The highest BCUT2D eigenvalue weighted by Crippen LogP contribution is 2.30. The molecular weight excluding hydrogens is 320 g/mol. The van der Waals surface area contributed by atoms with Gasteiger partial charge in [-0.2, -0.15) is 0 Å². The second-order valence-corrected chi connectivity index (χ2v) is 6.20. The van der Waals surface area contributed by atoms with E-state index >= 15 is 0 Å². The van der Waals surface area contributed by atoms with Gasteiger partial charge in [0.15, 0.2) is 0 Å². The Morgan fingerprint density at radius 3 is 2.46 bits per heavy atom. The quantitative estimate of drug-likeness (QED) is 0.633. The maximum atomic E-state index is 13.3. The summed E-state index contributed by atoms with van der Waals surface area (Å²) in [5, 5.41) is 1.73. The highest BCUT2D eigenvalue weighted by molar-refractivity contribution is 6.31. The number of benzene rings is 2. The Bertz CT molecular complexity index is 884. The Morgan fingerprint density at radius 1 is 1.12 bits per heavy atom. The third-order valence-corrected chi connectivity index (χ3v) is 4.66. The molecule has 1 amide bonds. The van der Waals surface area contributed by atoms with Crippen LogP contribution in [0, 0.1) is 6.92 Å². The minimum absolute atomic E-state index is 0.0235. The fraction of sp³-hybridized carbons (Fsp3) is 0.250. The predicted molar refractivity (Wildman–Crippen MR) is 101 cm³/mol. The van der Waals surface area contributed by atoms with Crippen LogP contribution in [0.5, 0.6) is 0 Å². The molecule has 4 heteroatoms. The lowest BCUT2D eigenvalue weighted by atomic mass is 10.1. The molecule has 2 aromatic carbocycles. The van der Waals surface area contributed by atoms with Gasteiger partial charge in [-0.15, -0.1) is 0 Å². The van der Waals surface area contributed by atoms with E-state index in [0.717, 1.165) is 34.4 Å². The number of rotatable bonds is 4. The van der Waals surface area contributed by atoms with Crippen molar-refractivity contribution in [3.63, 3.8) is 0 Å². The molecule has 124 valence electrons. The van der Waals surface area contributed by atoms with E-state index < -0.39 is 0 Å². The lowest BCUT2D eigenvalue weighted by Gasteiger charge is -2.22. The fourth-order valence-electron chi connectivity index (χ4n) is 3.28. The number of aryl methyl sites for hydroxylation is 2. The van der Waals surface area contributed by atoms with Gasteiger partial charge in [0, 0.05) is 34.7 Å². The van der Waals surface area contributed by atoms with Crippen LogP contribution in [0.3, 0.4) is 0 Å². The number of hydrogen-bond acceptors (Lipinski definition) is 1. The van der Waals surface area contributed by atoms with Gasteiger partial charge in [0.05, 0.1) is 0 Å². The van der Waals surface area contributed by atoms with Gasteiger partial charge in [0.2, 0.25) is 0 Å². The van der Waals surface area contributed by atoms with Gasteiger partial charge in [-0.3, -0.25) is 4.79 Å². The smallest absolute Gasteiger partial charge is 0.275 e. The maximum Gasteiger partial charge on any atom is 0.275 e. The van der Waals surface area contributed by atoms with Crippen molar-refractivity contribution in [3.8, 4) is 0 Å². The van der Waals surface area contributed by atoms with E-state index in [1.807, 2.05) is 67.3 Å². The Labute approximate surface area is 147 Å². The first-order chi connectivity index (χ1) is 11.6. The number of amides is 1.